The minimum atomic E-state index is 0.481. The molecule has 0 aliphatic rings. The monoisotopic (exact) mass is 195 g/mol. The van der Waals surface area contributed by atoms with Crippen LogP contribution in [0.1, 0.15) is 6.92 Å². The molecule has 0 fully saturated rings. The molecule has 1 aromatic rings. The topological polar surface area (TPSA) is 60.2 Å². The molecule has 0 spiro atoms. The van der Waals surface area contributed by atoms with Gasteiger partial charge in [0.1, 0.15) is 5.82 Å². The van der Waals surface area contributed by atoms with Crippen molar-refractivity contribution in [2.45, 2.75) is 6.92 Å². The number of hydrogen-bond acceptors (Lipinski definition) is 4. The normalized spacial score (nSPS) is 12.4. The molecule has 0 bridgehead atoms. The Morgan fingerprint density at radius 3 is 3.07 bits per heavy atom. The molecule has 1 rings (SSSR count). The van der Waals surface area contributed by atoms with Gasteiger partial charge in [-0.25, -0.2) is 4.98 Å². The molecule has 0 aromatic carbocycles. The average Bonchev–Trinajstić information content (AvgIpc) is 2.15. The molecule has 0 saturated carbocycles. The third-order valence-electron chi connectivity index (χ3n) is 1.89. The van der Waals surface area contributed by atoms with Gasteiger partial charge in [0.05, 0.1) is 6.61 Å². The lowest BCUT2D eigenvalue weighted by molar-refractivity contribution is 0.164. The van der Waals surface area contributed by atoms with E-state index in [1.807, 2.05) is 12.1 Å². The molecule has 1 heterocycles. The van der Waals surface area contributed by atoms with E-state index < -0.39 is 0 Å². The summed E-state index contributed by atoms with van der Waals surface area (Å²) in [5.41, 5.74) is 6.55. The smallest absolute Gasteiger partial charge is 0.125 e. The zero-order valence-electron chi connectivity index (χ0n) is 8.66. The Bertz CT molecular complexity index is 278. The highest BCUT2D eigenvalue weighted by molar-refractivity contribution is 5.49. The van der Waals surface area contributed by atoms with Gasteiger partial charge in [0.2, 0.25) is 0 Å². The van der Waals surface area contributed by atoms with Gasteiger partial charge >= 0.3 is 0 Å². The van der Waals surface area contributed by atoms with Gasteiger partial charge in [0.15, 0.2) is 0 Å². The number of nitrogens with one attached hydrogen (secondary N) is 1. The van der Waals surface area contributed by atoms with E-state index in [9.17, 15) is 0 Å². The van der Waals surface area contributed by atoms with E-state index in [-0.39, 0.29) is 0 Å². The molecule has 14 heavy (non-hydrogen) atoms. The number of nitrogens with zero attached hydrogens (tertiary/aromatic N) is 1. The van der Waals surface area contributed by atoms with Crippen molar-refractivity contribution >= 4 is 11.5 Å². The third kappa shape index (κ3) is 3.62. The molecule has 1 atom stereocenters. The number of hydrogen-bond donors (Lipinski definition) is 2. The first-order chi connectivity index (χ1) is 6.72. The van der Waals surface area contributed by atoms with Crippen LogP contribution in [0.25, 0.3) is 0 Å². The Kier molecular flexibility index (Phi) is 4.19. The first-order valence-corrected chi connectivity index (χ1v) is 4.66. The van der Waals surface area contributed by atoms with Crippen LogP contribution in [0.3, 0.4) is 0 Å². The van der Waals surface area contributed by atoms with Crippen LogP contribution in [-0.2, 0) is 4.74 Å². The summed E-state index contributed by atoms with van der Waals surface area (Å²) >= 11 is 0. The van der Waals surface area contributed by atoms with Crippen LogP contribution < -0.4 is 11.1 Å². The predicted octanol–water partition coefficient (Wildman–Crippen LogP) is 1.36. The fourth-order valence-corrected chi connectivity index (χ4v) is 1.19. The molecule has 4 heteroatoms. The number of aromatic nitrogens is 1. The molecule has 0 amide bonds. The van der Waals surface area contributed by atoms with Gasteiger partial charge in [-0.3, -0.25) is 0 Å². The molecule has 1 unspecified atom stereocenters. The van der Waals surface area contributed by atoms with E-state index in [4.69, 9.17) is 10.5 Å². The van der Waals surface area contributed by atoms with Gasteiger partial charge in [-0.2, -0.15) is 0 Å². The van der Waals surface area contributed by atoms with Crippen LogP contribution in [0, 0.1) is 5.92 Å². The van der Waals surface area contributed by atoms with Gasteiger partial charge in [-0.15, -0.1) is 0 Å². The fraction of sp³-hybridized carbons (Fsp3) is 0.500. The Labute approximate surface area is 84.5 Å². The molecule has 1 aromatic heterocycles. The zero-order valence-corrected chi connectivity index (χ0v) is 8.66. The minimum Gasteiger partial charge on any atom is -0.385 e. The van der Waals surface area contributed by atoms with E-state index in [2.05, 4.69) is 17.2 Å². The maximum Gasteiger partial charge on any atom is 0.125 e. The van der Waals surface area contributed by atoms with Crippen molar-refractivity contribution < 1.29 is 4.74 Å². The summed E-state index contributed by atoms with van der Waals surface area (Å²) in [6.45, 7) is 3.76. The van der Waals surface area contributed by atoms with Crippen LogP contribution in [-0.4, -0.2) is 25.2 Å². The number of methoxy groups -OCH3 is 1. The van der Waals surface area contributed by atoms with E-state index in [1.165, 1.54) is 0 Å². The van der Waals surface area contributed by atoms with E-state index in [0.717, 1.165) is 18.8 Å². The van der Waals surface area contributed by atoms with Gasteiger partial charge < -0.3 is 15.8 Å². The minimum absolute atomic E-state index is 0.481. The van der Waals surface area contributed by atoms with E-state index in [0.29, 0.717) is 11.7 Å². The first-order valence-electron chi connectivity index (χ1n) is 4.66. The SMILES string of the molecule is COCC(C)CNc1ccnc(N)c1. The van der Waals surface area contributed by atoms with Crippen LogP contribution in [0.15, 0.2) is 18.3 Å². The van der Waals surface area contributed by atoms with Crippen LogP contribution in [0.5, 0.6) is 0 Å². The third-order valence-corrected chi connectivity index (χ3v) is 1.89. The zero-order chi connectivity index (χ0) is 10.4. The second-order valence-corrected chi connectivity index (χ2v) is 3.41. The van der Waals surface area contributed by atoms with Gasteiger partial charge in [0, 0.05) is 31.6 Å². The molecule has 0 saturated heterocycles. The largest absolute Gasteiger partial charge is 0.385 e. The second kappa shape index (κ2) is 5.44. The number of ether oxygens (including phenoxy) is 1. The first kappa shape index (κ1) is 10.8. The summed E-state index contributed by atoms with van der Waals surface area (Å²) in [6, 6.07) is 3.72. The van der Waals surface area contributed by atoms with Crippen molar-refractivity contribution in [2.24, 2.45) is 5.92 Å². The maximum atomic E-state index is 5.55. The number of nitrogens with two attached hydrogens (primary N) is 1. The Hall–Kier alpha value is -1.29. The number of rotatable bonds is 5. The summed E-state index contributed by atoms with van der Waals surface area (Å²) in [4.78, 5) is 3.92. The average molecular weight is 195 g/mol. The number of nitrogen functional groups attached to an aromatic ring is 1. The summed E-state index contributed by atoms with van der Waals surface area (Å²) in [7, 11) is 1.71. The number of anilines is 2. The van der Waals surface area contributed by atoms with Crippen LogP contribution in [0.4, 0.5) is 11.5 Å². The Balaban J connectivity index is 2.37. The highest BCUT2D eigenvalue weighted by Gasteiger charge is 2.00. The van der Waals surface area contributed by atoms with Gasteiger partial charge in [0.25, 0.3) is 0 Å². The van der Waals surface area contributed by atoms with Crippen LogP contribution >= 0.6 is 0 Å². The van der Waals surface area contributed by atoms with E-state index in [1.54, 1.807) is 13.3 Å². The van der Waals surface area contributed by atoms with Crippen molar-refractivity contribution in [1.82, 2.24) is 4.98 Å². The van der Waals surface area contributed by atoms with E-state index >= 15 is 0 Å². The van der Waals surface area contributed by atoms with Crippen molar-refractivity contribution in [3.05, 3.63) is 18.3 Å². The molecular weight excluding hydrogens is 178 g/mol. The summed E-state index contributed by atoms with van der Waals surface area (Å²) in [5.74, 6) is 1.02. The standard InChI is InChI=1S/C10H17N3O/c1-8(7-14-2)6-13-9-3-4-12-10(11)5-9/h3-5,8H,6-7H2,1-2H3,(H3,11,12,13). The number of pyridine rings is 1. The highest BCUT2D eigenvalue weighted by Crippen LogP contribution is 2.09. The fourth-order valence-electron chi connectivity index (χ4n) is 1.19. The quantitative estimate of drug-likeness (QED) is 0.744. The summed E-state index contributed by atoms with van der Waals surface area (Å²) in [5, 5.41) is 3.27. The molecular formula is C10H17N3O. The van der Waals surface area contributed by atoms with Crippen molar-refractivity contribution in [3.8, 4) is 0 Å². The highest BCUT2D eigenvalue weighted by atomic mass is 16.5. The lowest BCUT2D eigenvalue weighted by Crippen LogP contribution is -2.15. The van der Waals surface area contributed by atoms with Crippen molar-refractivity contribution in [3.63, 3.8) is 0 Å². The maximum absolute atomic E-state index is 5.55. The molecule has 0 radical (unpaired) electrons. The lowest BCUT2D eigenvalue weighted by Gasteiger charge is -2.12. The predicted molar refractivity (Wildman–Crippen MR) is 58.2 cm³/mol. The van der Waals surface area contributed by atoms with Crippen molar-refractivity contribution in [2.75, 3.05) is 31.3 Å². The Morgan fingerprint density at radius 2 is 2.43 bits per heavy atom. The lowest BCUT2D eigenvalue weighted by atomic mass is 10.2. The van der Waals surface area contributed by atoms with Gasteiger partial charge in [-0.05, 0) is 12.0 Å². The second-order valence-electron chi connectivity index (χ2n) is 3.41. The molecule has 0 aliphatic heterocycles. The Morgan fingerprint density at radius 1 is 1.64 bits per heavy atom. The molecule has 3 N–H and O–H groups in total. The molecule has 78 valence electrons. The van der Waals surface area contributed by atoms with Gasteiger partial charge in [-0.1, -0.05) is 6.92 Å². The van der Waals surface area contributed by atoms with Crippen molar-refractivity contribution in [1.29, 1.82) is 0 Å². The molecule has 4 nitrogen and oxygen atoms in total. The van der Waals surface area contributed by atoms with Crippen LogP contribution in [0.2, 0.25) is 0 Å². The summed E-state index contributed by atoms with van der Waals surface area (Å²) < 4.78 is 5.04. The summed E-state index contributed by atoms with van der Waals surface area (Å²) in [6.07, 6.45) is 1.69. The molecule has 0 aliphatic carbocycles.